The molecule has 0 unspecified atom stereocenters. The van der Waals surface area contributed by atoms with E-state index in [4.69, 9.17) is 9.84 Å². The highest BCUT2D eigenvalue weighted by molar-refractivity contribution is 5.91. The number of aromatic carboxylic acids is 1. The first-order valence-corrected chi connectivity index (χ1v) is 4.12. The van der Waals surface area contributed by atoms with E-state index in [1.165, 1.54) is 0 Å². The smallest absolute Gasteiger partial charge is 0.339 e. The van der Waals surface area contributed by atoms with Crippen molar-refractivity contribution >= 4 is 5.97 Å². The van der Waals surface area contributed by atoms with Crippen LogP contribution < -0.4 is 4.74 Å². The van der Waals surface area contributed by atoms with Crippen molar-refractivity contribution in [2.24, 2.45) is 0 Å². The van der Waals surface area contributed by atoms with E-state index in [2.05, 4.69) is 0 Å². The lowest BCUT2D eigenvalue weighted by Gasteiger charge is -2.06. The third-order valence-electron chi connectivity index (χ3n) is 1.67. The Labute approximate surface area is 77.0 Å². The van der Waals surface area contributed by atoms with Gasteiger partial charge in [-0.25, -0.2) is 4.79 Å². The molecule has 70 valence electrons. The molecule has 3 heteroatoms. The van der Waals surface area contributed by atoms with E-state index in [0.29, 0.717) is 12.4 Å². The second-order valence-corrected chi connectivity index (χ2v) is 2.74. The maximum absolute atomic E-state index is 10.8. The van der Waals surface area contributed by atoms with E-state index in [0.717, 1.165) is 5.56 Å². The summed E-state index contributed by atoms with van der Waals surface area (Å²) >= 11 is 0. The fourth-order valence-electron chi connectivity index (χ4n) is 1.09. The predicted molar refractivity (Wildman–Crippen MR) is 49.3 cm³/mol. The summed E-state index contributed by atoms with van der Waals surface area (Å²) < 4.78 is 5.17. The molecule has 0 amide bonds. The largest absolute Gasteiger partial charge is 0.493 e. The van der Waals surface area contributed by atoms with Crippen LogP contribution in [0.3, 0.4) is 0 Å². The summed E-state index contributed by atoms with van der Waals surface area (Å²) in [6.07, 6.45) is 0. The van der Waals surface area contributed by atoms with Gasteiger partial charge in [-0.3, -0.25) is 0 Å². The highest BCUT2D eigenvalue weighted by Crippen LogP contribution is 2.19. The molecule has 0 saturated carbocycles. The highest BCUT2D eigenvalue weighted by atomic mass is 16.5. The Kier molecular flexibility index (Phi) is 2.90. The quantitative estimate of drug-likeness (QED) is 0.774. The molecular weight excluding hydrogens is 168 g/mol. The van der Waals surface area contributed by atoms with Crippen molar-refractivity contribution in [1.82, 2.24) is 0 Å². The molecule has 0 aliphatic carbocycles. The second-order valence-electron chi connectivity index (χ2n) is 2.74. The number of carbonyl (C=O) groups is 1. The number of carboxylic acids is 1. The van der Waals surface area contributed by atoms with Crippen molar-refractivity contribution in [2.75, 3.05) is 6.61 Å². The van der Waals surface area contributed by atoms with Crippen LogP contribution in [0.25, 0.3) is 0 Å². The van der Waals surface area contributed by atoms with Gasteiger partial charge >= 0.3 is 5.97 Å². The molecule has 13 heavy (non-hydrogen) atoms. The van der Waals surface area contributed by atoms with Gasteiger partial charge in [0, 0.05) is 0 Å². The monoisotopic (exact) mass is 180 g/mol. The standard InChI is InChI=1S/C10H12O3/c1-3-13-9-5-4-7(2)6-8(9)10(11)12/h4-6H,3H2,1-2H3,(H,11,12). The Morgan fingerprint density at radius 3 is 2.77 bits per heavy atom. The molecule has 0 spiro atoms. The van der Waals surface area contributed by atoms with Crippen LogP contribution in [0.2, 0.25) is 0 Å². The van der Waals surface area contributed by atoms with Gasteiger partial charge < -0.3 is 9.84 Å². The number of hydrogen-bond donors (Lipinski definition) is 1. The van der Waals surface area contributed by atoms with Crippen LogP contribution in [0.15, 0.2) is 18.2 Å². The summed E-state index contributed by atoms with van der Waals surface area (Å²) in [5.74, 6) is -0.521. The van der Waals surface area contributed by atoms with Crippen LogP contribution in [0, 0.1) is 6.92 Å². The molecule has 1 aromatic rings. The fraction of sp³-hybridized carbons (Fsp3) is 0.300. The molecule has 0 saturated heterocycles. The van der Waals surface area contributed by atoms with Gasteiger partial charge in [0.1, 0.15) is 11.3 Å². The van der Waals surface area contributed by atoms with Crippen molar-refractivity contribution in [1.29, 1.82) is 0 Å². The van der Waals surface area contributed by atoms with Gasteiger partial charge in [0.25, 0.3) is 0 Å². The minimum Gasteiger partial charge on any atom is -0.493 e. The van der Waals surface area contributed by atoms with Crippen molar-refractivity contribution in [2.45, 2.75) is 13.8 Å². The van der Waals surface area contributed by atoms with Gasteiger partial charge in [-0.2, -0.15) is 0 Å². The minimum absolute atomic E-state index is 0.224. The average molecular weight is 180 g/mol. The summed E-state index contributed by atoms with van der Waals surface area (Å²) in [7, 11) is 0. The van der Waals surface area contributed by atoms with Gasteiger partial charge in [0.15, 0.2) is 0 Å². The summed E-state index contributed by atoms with van der Waals surface area (Å²) in [5, 5.41) is 8.84. The lowest BCUT2D eigenvalue weighted by atomic mass is 10.1. The molecule has 1 aromatic carbocycles. The van der Waals surface area contributed by atoms with Crippen molar-refractivity contribution in [3.8, 4) is 5.75 Å². The van der Waals surface area contributed by atoms with Crippen LogP contribution in [0.1, 0.15) is 22.8 Å². The second kappa shape index (κ2) is 3.94. The molecule has 0 aliphatic rings. The van der Waals surface area contributed by atoms with Gasteiger partial charge in [-0.05, 0) is 26.0 Å². The first kappa shape index (κ1) is 9.58. The molecule has 0 aliphatic heterocycles. The minimum atomic E-state index is -0.952. The number of ether oxygens (including phenoxy) is 1. The molecule has 1 N–H and O–H groups in total. The molecule has 0 bridgehead atoms. The zero-order valence-electron chi connectivity index (χ0n) is 7.70. The maximum Gasteiger partial charge on any atom is 0.339 e. The van der Waals surface area contributed by atoms with Crippen LogP contribution in [-0.2, 0) is 0 Å². The van der Waals surface area contributed by atoms with Gasteiger partial charge in [0.05, 0.1) is 6.61 Å². The number of aryl methyl sites for hydroxylation is 1. The fourth-order valence-corrected chi connectivity index (χ4v) is 1.09. The van der Waals surface area contributed by atoms with Crippen LogP contribution in [0.5, 0.6) is 5.75 Å². The molecular formula is C10H12O3. The van der Waals surface area contributed by atoms with E-state index in [1.54, 1.807) is 12.1 Å². The SMILES string of the molecule is CCOc1ccc(C)cc1C(=O)O. The molecule has 0 radical (unpaired) electrons. The number of benzene rings is 1. The van der Waals surface area contributed by atoms with Crippen LogP contribution in [-0.4, -0.2) is 17.7 Å². The lowest BCUT2D eigenvalue weighted by Crippen LogP contribution is -2.02. The van der Waals surface area contributed by atoms with E-state index < -0.39 is 5.97 Å². The van der Waals surface area contributed by atoms with Crippen LogP contribution >= 0.6 is 0 Å². The van der Waals surface area contributed by atoms with Crippen molar-refractivity contribution in [3.05, 3.63) is 29.3 Å². The Balaban J connectivity index is 3.10. The number of hydrogen-bond acceptors (Lipinski definition) is 2. The lowest BCUT2D eigenvalue weighted by molar-refractivity contribution is 0.0692. The van der Waals surface area contributed by atoms with E-state index in [9.17, 15) is 4.79 Å². The normalized spacial score (nSPS) is 9.69. The topological polar surface area (TPSA) is 46.5 Å². The van der Waals surface area contributed by atoms with Crippen LogP contribution in [0.4, 0.5) is 0 Å². The molecule has 0 heterocycles. The molecule has 0 aromatic heterocycles. The van der Waals surface area contributed by atoms with Gasteiger partial charge in [-0.1, -0.05) is 11.6 Å². The molecule has 1 rings (SSSR count). The molecule has 3 nitrogen and oxygen atoms in total. The zero-order chi connectivity index (χ0) is 9.84. The Morgan fingerprint density at radius 1 is 1.54 bits per heavy atom. The Bertz CT molecular complexity index is 318. The van der Waals surface area contributed by atoms with E-state index in [1.807, 2.05) is 19.9 Å². The first-order valence-electron chi connectivity index (χ1n) is 4.12. The van der Waals surface area contributed by atoms with E-state index in [-0.39, 0.29) is 5.56 Å². The summed E-state index contributed by atoms with van der Waals surface area (Å²) in [4.78, 5) is 10.8. The summed E-state index contributed by atoms with van der Waals surface area (Å²) in [6.45, 7) is 4.15. The van der Waals surface area contributed by atoms with E-state index >= 15 is 0 Å². The summed E-state index contributed by atoms with van der Waals surface area (Å²) in [5.41, 5.74) is 1.14. The van der Waals surface area contributed by atoms with Gasteiger partial charge in [0.2, 0.25) is 0 Å². The average Bonchev–Trinajstić information content (AvgIpc) is 2.08. The highest BCUT2D eigenvalue weighted by Gasteiger charge is 2.10. The first-order chi connectivity index (χ1) is 6.15. The third-order valence-corrected chi connectivity index (χ3v) is 1.67. The zero-order valence-corrected chi connectivity index (χ0v) is 7.70. The third kappa shape index (κ3) is 2.21. The number of rotatable bonds is 3. The maximum atomic E-state index is 10.8. The summed E-state index contributed by atoms with van der Waals surface area (Å²) in [6, 6.07) is 5.12. The Hall–Kier alpha value is -1.51. The Morgan fingerprint density at radius 2 is 2.23 bits per heavy atom. The molecule has 0 atom stereocenters. The van der Waals surface area contributed by atoms with Crippen molar-refractivity contribution in [3.63, 3.8) is 0 Å². The number of carboxylic acid groups (broad SMARTS) is 1. The predicted octanol–water partition coefficient (Wildman–Crippen LogP) is 2.09. The van der Waals surface area contributed by atoms with Gasteiger partial charge in [-0.15, -0.1) is 0 Å². The van der Waals surface area contributed by atoms with Crippen molar-refractivity contribution < 1.29 is 14.6 Å². The molecule has 0 fully saturated rings.